The molecule has 0 radical (unpaired) electrons. The molecule has 0 bridgehead atoms. The molecular weight excluding hydrogens is 208 g/mol. The Morgan fingerprint density at radius 1 is 1.56 bits per heavy atom. The van der Waals surface area contributed by atoms with E-state index in [2.05, 4.69) is 6.92 Å². The summed E-state index contributed by atoms with van der Waals surface area (Å²) in [6.07, 6.45) is 2.56. The van der Waals surface area contributed by atoms with Crippen molar-refractivity contribution in [2.75, 3.05) is 13.2 Å². The van der Waals surface area contributed by atoms with Crippen LogP contribution in [0.1, 0.15) is 39.0 Å². The fourth-order valence-electron chi connectivity index (χ4n) is 2.52. The lowest BCUT2D eigenvalue weighted by Crippen LogP contribution is -2.55. The van der Waals surface area contributed by atoms with Crippen LogP contribution in [-0.2, 0) is 14.3 Å². The molecule has 2 rings (SSSR count). The van der Waals surface area contributed by atoms with Gasteiger partial charge in [0, 0.05) is 25.9 Å². The van der Waals surface area contributed by atoms with Crippen LogP contribution in [0.2, 0.25) is 0 Å². The number of rotatable bonds is 4. The molecule has 0 spiro atoms. The van der Waals surface area contributed by atoms with Crippen molar-refractivity contribution in [2.45, 2.75) is 56.8 Å². The van der Waals surface area contributed by atoms with Gasteiger partial charge >= 0.3 is 0 Å². The maximum Gasteiger partial charge on any atom is 0.138 e. The molecule has 1 saturated heterocycles. The van der Waals surface area contributed by atoms with Crippen molar-refractivity contribution in [2.24, 2.45) is 0 Å². The lowest BCUT2D eigenvalue weighted by Gasteiger charge is -2.39. The number of ketones is 1. The molecule has 92 valence electrons. The minimum atomic E-state index is -0.929. The average molecular weight is 228 g/mol. The first-order valence-corrected chi connectivity index (χ1v) is 6.14. The first-order valence-electron chi connectivity index (χ1n) is 6.14. The Morgan fingerprint density at radius 3 is 3.12 bits per heavy atom. The first kappa shape index (κ1) is 12.0. The highest BCUT2D eigenvalue weighted by Gasteiger charge is 2.53. The maximum absolute atomic E-state index is 11.5. The molecule has 1 aliphatic carbocycles. The third-order valence-electron chi connectivity index (χ3n) is 3.58. The van der Waals surface area contributed by atoms with Crippen LogP contribution in [0.4, 0.5) is 0 Å². The lowest BCUT2D eigenvalue weighted by atomic mass is 9.78. The van der Waals surface area contributed by atoms with Gasteiger partial charge in [0.1, 0.15) is 11.4 Å². The molecular formula is C12H20O4. The molecule has 0 aromatic heterocycles. The normalized spacial score (nSPS) is 38.8. The molecule has 4 nitrogen and oxygen atoms in total. The van der Waals surface area contributed by atoms with Gasteiger partial charge in [0.25, 0.3) is 0 Å². The predicted octanol–water partition coefficient (Wildman–Crippen LogP) is 1.05. The van der Waals surface area contributed by atoms with Crippen LogP contribution < -0.4 is 0 Å². The van der Waals surface area contributed by atoms with Gasteiger partial charge in [-0.2, -0.15) is 0 Å². The molecule has 0 amide bonds. The van der Waals surface area contributed by atoms with Crippen molar-refractivity contribution in [3.8, 4) is 0 Å². The number of carbonyl (C=O) groups excluding carboxylic acids is 1. The Balaban J connectivity index is 2.00. The number of ether oxygens (including phenoxy) is 2. The molecule has 0 unspecified atom stereocenters. The quantitative estimate of drug-likeness (QED) is 0.731. The van der Waals surface area contributed by atoms with Crippen molar-refractivity contribution in [1.29, 1.82) is 0 Å². The van der Waals surface area contributed by atoms with Crippen molar-refractivity contribution >= 4 is 5.78 Å². The number of unbranched alkanes of at least 4 members (excludes halogenated alkanes) is 1. The van der Waals surface area contributed by atoms with E-state index in [-0.39, 0.29) is 18.0 Å². The summed E-state index contributed by atoms with van der Waals surface area (Å²) in [5, 5.41) is 10.5. The summed E-state index contributed by atoms with van der Waals surface area (Å²) in [5.41, 5.74) is -0.929. The van der Waals surface area contributed by atoms with E-state index in [0.717, 1.165) is 12.8 Å². The van der Waals surface area contributed by atoms with Crippen LogP contribution in [-0.4, -0.2) is 41.9 Å². The largest absolute Gasteiger partial charge is 0.384 e. The van der Waals surface area contributed by atoms with Crippen molar-refractivity contribution in [1.82, 2.24) is 0 Å². The van der Waals surface area contributed by atoms with Crippen LogP contribution in [0.3, 0.4) is 0 Å². The second kappa shape index (κ2) is 4.82. The number of carbonyl (C=O) groups is 1. The highest BCUT2D eigenvalue weighted by molar-refractivity contribution is 5.81. The van der Waals surface area contributed by atoms with E-state index in [4.69, 9.17) is 9.47 Å². The van der Waals surface area contributed by atoms with Gasteiger partial charge in [0.05, 0.1) is 18.8 Å². The first-order chi connectivity index (χ1) is 7.66. The van der Waals surface area contributed by atoms with E-state index in [1.54, 1.807) is 0 Å². The number of fused-ring (bicyclic) bond motifs is 1. The fourth-order valence-corrected chi connectivity index (χ4v) is 2.52. The van der Waals surface area contributed by atoms with Gasteiger partial charge in [0.2, 0.25) is 0 Å². The van der Waals surface area contributed by atoms with Crippen molar-refractivity contribution in [3.63, 3.8) is 0 Å². The Bertz CT molecular complexity index is 266. The zero-order chi connectivity index (χ0) is 11.6. The van der Waals surface area contributed by atoms with Crippen LogP contribution in [0.25, 0.3) is 0 Å². The average Bonchev–Trinajstić information content (AvgIpc) is 2.61. The Kier molecular flexibility index (Phi) is 3.62. The maximum atomic E-state index is 11.5. The van der Waals surface area contributed by atoms with Gasteiger partial charge in [0.15, 0.2) is 0 Å². The van der Waals surface area contributed by atoms with E-state index in [0.29, 0.717) is 32.5 Å². The number of aliphatic hydroxyl groups is 1. The number of hydrogen-bond acceptors (Lipinski definition) is 4. The highest BCUT2D eigenvalue weighted by Crippen LogP contribution is 2.38. The number of Topliss-reactive ketones (excluding diaryl/α,β-unsaturated/α-hetero) is 1. The van der Waals surface area contributed by atoms with Gasteiger partial charge in [-0.05, 0) is 6.42 Å². The summed E-state index contributed by atoms with van der Waals surface area (Å²) in [4.78, 5) is 11.5. The Hall–Kier alpha value is -0.450. The zero-order valence-corrected chi connectivity index (χ0v) is 9.78. The van der Waals surface area contributed by atoms with E-state index >= 15 is 0 Å². The topological polar surface area (TPSA) is 55.8 Å². The second-order valence-electron chi connectivity index (χ2n) is 4.76. The summed E-state index contributed by atoms with van der Waals surface area (Å²) in [6, 6.07) is 0. The van der Waals surface area contributed by atoms with Crippen LogP contribution in [0.15, 0.2) is 0 Å². The highest BCUT2D eigenvalue weighted by atomic mass is 16.5. The van der Waals surface area contributed by atoms with Gasteiger partial charge < -0.3 is 14.6 Å². The minimum Gasteiger partial charge on any atom is -0.384 e. The third kappa shape index (κ3) is 2.14. The lowest BCUT2D eigenvalue weighted by molar-refractivity contribution is -0.169. The summed E-state index contributed by atoms with van der Waals surface area (Å²) in [5.74, 6) is 0.137. The molecule has 1 heterocycles. The molecule has 1 saturated carbocycles. The van der Waals surface area contributed by atoms with Gasteiger partial charge in [-0.25, -0.2) is 0 Å². The van der Waals surface area contributed by atoms with Crippen molar-refractivity contribution in [3.05, 3.63) is 0 Å². The standard InChI is InChI=1S/C12H20O4/c1-2-3-5-15-10-7-9(13)8-11-12(10,14)4-6-16-11/h10-11,14H,2-8H2,1H3/t10-,11+,12-/m1/s1. The summed E-state index contributed by atoms with van der Waals surface area (Å²) >= 11 is 0. The van der Waals surface area contributed by atoms with Crippen LogP contribution >= 0.6 is 0 Å². The molecule has 3 atom stereocenters. The molecule has 1 N–H and O–H groups in total. The molecule has 2 aliphatic rings. The summed E-state index contributed by atoms with van der Waals surface area (Å²) in [7, 11) is 0. The fraction of sp³-hybridized carbons (Fsp3) is 0.917. The zero-order valence-electron chi connectivity index (χ0n) is 9.78. The van der Waals surface area contributed by atoms with E-state index in [1.165, 1.54) is 0 Å². The van der Waals surface area contributed by atoms with Crippen LogP contribution in [0, 0.1) is 0 Å². The predicted molar refractivity (Wildman–Crippen MR) is 58.2 cm³/mol. The molecule has 2 fully saturated rings. The smallest absolute Gasteiger partial charge is 0.138 e. The number of hydrogen-bond donors (Lipinski definition) is 1. The Morgan fingerprint density at radius 2 is 2.38 bits per heavy atom. The molecule has 4 heteroatoms. The van der Waals surface area contributed by atoms with E-state index in [9.17, 15) is 9.90 Å². The molecule has 0 aromatic carbocycles. The molecule has 0 aromatic rings. The second-order valence-corrected chi connectivity index (χ2v) is 4.76. The van der Waals surface area contributed by atoms with E-state index in [1.807, 2.05) is 0 Å². The van der Waals surface area contributed by atoms with Crippen LogP contribution in [0.5, 0.6) is 0 Å². The van der Waals surface area contributed by atoms with Crippen molar-refractivity contribution < 1.29 is 19.4 Å². The Labute approximate surface area is 95.9 Å². The molecule has 1 aliphatic heterocycles. The SMILES string of the molecule is CCCCO[C@@H]1CC(=O)C[C@@H]2OCC[C@]21O. The van der Waals surface area contributed by atoms with E-state index < -0.39 is 5.60 Å². The molecule has 16 heavy (non-hydrogen) atoms. The minimum absolute atomic E-state index is 0.137. The summed E-state index contributed by atoms with van der Waals surface area (Å²) < 4.78 is 11.1. The monoisotopic (exact) mass is 228 g/mol. The summed E-state index contributed by atoms with van der Waals surface area (Å²) in [6.45, 7) is 3.23. The van der Waals surface area contributed by atoms with Gasteiger partial charge in [-0.3, -0.25) is 4.79 Å². The van der Waals surface area contributed by atoms with Gasteiger partial charge in [-0.1, -0.05) is 13.3 Å². The third-order valence-corrected chi connectivity index (χ3v) is 3.58. The van der Waals surface area contributed by atoms with Gasteiger partial charge in [-0.15, -0.1) is 0 Å².